The molecule has 0 fully saturated rings. The van der Waals surface area contributed by atoms with Crippen molar-refractivity contribution in [1.29, 1.82) is 0 Å². The second-order valence-corrected chi connectivity index (χ2v) is 10.5. The first-order valence-corrected chi connectivity index (χ1v) is 10.4. The van der Waals surface area contributed by atoms with Gasteiger partial charge in [0.25, 0.3) is 0 Å². The quantitative estimate of drug-likeness (QED) is 0.232. The fourth-order valence-corrected chi connectivity index (χ4v) is 4.42. The van der Waals surface area contributed by atoms with Crippen molar-refractivity contribution in [3.63, 3.8) is 0 Å². The van der Waals surface area contributed by atoms with Gasteiger partial charge in [0, 0.05) is 29.7 Å². The summed E-state index contributed by atoms with van der Waals surface area (Å²) >= 11 is 16.6. The third-order valence-corrected chi connectivity index (χ3v) is 5.93. The SMILES string of the molecule is CC(C)(C)Sc1ccc(C(=O)C=C(c2cc(Cl)cc(Cl)c2)C(F)(F)F)cc1Br. The van der Waals surface area contributed by atoms with Crippen LogP contribution in [0.5, 0.6) is 0 Å². The fraction of sp³-hybridized carbons (Fsp3) is 0.250. The number of alkyl halides is 3. The van der Waals surface area contributed by atoms with Crippen LogP contribution < -0.4 is 0 Å². The van der Waals surface area contributed by atoms with Crippen LogP contribution in [0.2, 0.25) is 10.0 Å². The summed E-state index contributed by atoms with van der Waals surface area (Å²) in [6.45, 7) is 6.12. The lowest BCUT2D eigenvalue weighted by Crippen LogP contribution is -2.13. The van der Waals surface area contributed by atoms with Gasteiger partial charge in [-0.2, -0.15) is 13.2 Å². The lowest BCUT2D eigenvalue weighted by Gasteiger charge is -2.18. The molecule has 0 radical (unpaired) electrons. The molecule has 0 aliphatic rings. The third-order valence-electron chi connectivity index (χ3n) is 3.39. The van der Waals surface area contributed by atoms with Crippen LogP contribution in [-0.2, 0) is 0 Å². The van der Waals surface area contributed by atoms with Crippen molar-refractivity contribution in [2.24, 2.45) is 0 Å². The summed E-state index contributed by atoms with van der Waals surface area (Å²) < 4.78 is 41.3. The maximum absolute atomic E-state index is 13.6. The van der Waals surface area contributed by atoms with Gasteiger partial charge in [-0.1, -0.05) is 44.0 Å². The predicted octanol–water partition coefficient (Wildman–Crippen LogP) is 8.48. The average molecular weight is 512 g/mol. The Morgan fingerprint density at radius 3 is 2.04 bits per heavy atom. The normalized spacial score (nSPS) is 13.0. The summed E-state index contributed by atoms with van der Waals surface area (Å²) in [5.41, 5.74) is -1.23. The molecule has 8 heteroatoms. The van der Waals surface area contributed by atoms with Crippen molar-refractivity contribution in [2.75, 3.05) is 0 Å². The largest absolute Gasteiger partial charge is 0.417 e. The van der Waals surface area contributed by atoms with Crippen LogP contribution >= 0.6 is 50.9 Å². The maximum Gasteiger partial charge on any atom is 0.417 e. The topological polar surface area (TPSA) is 17.1 Å². The highest BCUT2D eigenvalue weighted by molar-refractivity contribution is 9.10. The van der Waals surface area contributed by atoms with Crippen LogP contribution in [0.3, 0.4) is 0 Å². The molecular formula is C20H16BrCl2F3OS. The number of carbonyl (C=O) groups is 1. The molecule has 0 aliphatic carbocycles. The Morgan fingerprint density at radius 2 is 1.57 bits per heavy atom. The van der Waals surface area contributed by atoms with E-state index in [1.165, 1.54) is 18.2 Å². The molecule has 0 heterocycles. The molecule has 0 aromatic heterocycles. The fourth-order valence-electron chi connectivity index (χ4n) is 2.32. The Bertz CT molecular complexity index is 914. The second-order valence-electron chi connectivity index (χ2n) is 6.94. The Balaban J connectivity index is 2.45. The van der Waals surface area contributed by atoms with Crippen molar-refractivity contribution in [1.82, 2.24) is 0 Å². The number of hydrogen-bond donors (Lipinski definition) is 0. The minimum atomic E-state index is -4.75. The highest BCUT2D eigenvalue weighted by Crippen LogP contribution is 2.38. The summed E-state index contributed by atoms with van der Waals surface area (Å²) in [6.07, 6.45) is -4.18. The van der Waals surface area contributed by atoms with Crippen molar-refractivity contribution in [3.8, 4) is 0 Å². The van der Waals surface area contributed by atoms with E-state index in [4.69, 9.17) is 23.2 Å². The van der Waals surface area contributed by atoms with Gasteiger partial charge in [0.2, 0.25) is 0 Å². The zero-order chi connectivity index (χ0) is 21.3. The molecule has 2 rings (SSSR count). The molecule has 0 unspecified atom stereocenters. The first kappa shape index (κ1) is 23.3. The highest BCUT2D eigenvalue weighted by atomic mass is 79.9. The summed E-state index contributed by atoms with van der Waals surface area (Å²) in [4.78, 5) is 13.4. The van der Waals surface area contributed by atoms with Gasteiger partial charge in [-0.05, 0) is 64.0 Å². The number of thioether (sulfide) groups is 1. The summed E-state index contributed by atoms with van der Waals surface area (Å²) in [7, 11) is 0. The smallest absolute Gasteiger partial charge is 0.289 e. The summed E-state index contributed by atoms with van der Waals surface area (Å²) in [5.74, 6) is -0.767. The molecule has 28 heavy (non-hydrogen) atoms. The molecule has 2 aromatic rings. The van der Waals surface area contributed by atoms with E-state index in [1.807, 2.05) is 20.8 Å². The van der Waals surface area contributed by atoms with E-state index in [-0.39, 0.29) is 25.9 Å². The monoisotopic (exact) mass is 510 g/mol. The Morgan fingerprint density at radius 1 is 1.00 bits per heavy atom. The Hall–Kier alpha value is -0.950. The van der Waals surface area contributed by atoms with Crippen molar-refractivity contribution >= 4 is 62.3 Å². The van der Waals surface area contributed by atoms with Crippen molar-refractivity contribution < 1.29 is 18.0 Å². The third kappa shape index (κ3) is 6.55. The molecule has 0 amide bonds. The van der Waals surface area contributed by atoms with Gasteiger partial charge < -0.3 is 0 Å². The first-order valence-electron chi connectivity index (χ1n) is 8.04. The summed E-state index contributed by atoms with van der Waals surface area (Å²) in [6, 6.07) is 8.32. The van der Waals surface area contributed by atoms with Crippen molar-refractivity contribution in [3.05, 3.63) is 68.1 Å². The molecule has 0 spiro atoms. The number of halogens is 6. The number of rotatable bonds is 4. The van der Waals surface area contributed by atoms with Gasteiger partial charge in [-0.25, -0.2) is 0 Å². The van der Waals surface area contributed by atoms with Crippen molar-refractivity contribution in [2.45, 2.75) is 36.6 Å². The molecular weight excluding hydrogens is 496 g/mol. The molecule has 0 saturated carbocycles. The minimum Gasteiger partial charge on any atom is -0.289 e. The number of ketones is 1. The predicted molar refractivity (Wildman–Crippen MR) is 115 cm³/mol. The number of benzene rings is 2. The van der Waals surface area contributed by atoms with E-state index in [1.54, 1.807) is 17.8 Å². The molecule has 2 aromatic carbocycles. The van der Waals surface area contributed by atoms with E-state index in [2.05, 4.69) is 15.9 Å². The second kappa shape index (κ2) is 8.82. The Labute approximate surface area is 184 Å². The van der Waals surface area contributed by atoms with Crippen LogP contribution in [0.4, 0.5) is 13.2 Å². The van der Waals surface area contributed by atoms with Crippen LogP contribution in [0.1, 0.15) is 36.7 Å². The molecule has 0 saturated heterocycles. The maximum atomic E-state index is 13.6. The standard InChI is InChI=1S/C20H16BrCl2F3OS/c1-19(2,3)28-18-5-4-11(8-16(18)21)17(27)10-15(20(24,25)26)12-6-13(22)9-14(23)7-12/h4-10H,1-3H3. The zero-order valence-electron chi connectivity index (χ0n) is 15.1. The van der Waals surface area contributed by atoms with Gasteiger partial charge in [-0.3, -0.25) is 4.79 Å². The van der Waals surface area contributed by atoms with Crippen LogP contribution in [0, 0.1) is 0 Å². The lowest BCUT2D eigenvalue weighted by molar-refractivity contribution is -0.0689. The Kier molecular flexibility index (Phi) is 7.35. The highest BCUT2D eigenvalue weighted by Gasteiger charge is 2.35. The van der Waals surface area contributed by atoms with Crippen LogP contribution in [0.15, 0.2) is 51.8 Å². The molecule has 150 valence electrons. The van der Waals surface area contributed by atoms with E-state index < -0.39 is 17.5 Å². The van der Waals surface area contributed by atoms with Gasteiger partial charge >= 0.3 is 6.18 Å². The number of allylic oxidation sites excluding steroid dienone is 2. The zero-order valence-corrected chi connectivity index (χ0v) is 19.0. The van der Waals surface area contributed by atoms with Gasteiger partial charge in [-0.15, -0.1) is 11.8 Å². The van der Waals surface area contributed by atoms with Gasteiger partial charge in [0.1, 0.15) is 0 Å². The molecule has 0 N–H and O–H groups in total. The van der Waals surface area contributed by atoms with E-state index >= 15 is 0 Å². The number of hydrogen-bond acceptors (Lipinski definition) is 2. The minimum absolute atomic E-state index is 0.0522. The van der Waals surface area contributed by atoms with E-state index in [9.17, 15) is 18.0 Å². The molecule has 0 atom stereocenters. The number of carbonyl (C=O) groups excluding carboxylic acids is 1. The lowest BCUT2D eigenvalue weighted by atomic mass is 10.0. The summed E-state index contributed by atoms with van der Waals surface area (Å²) in [5, 5.41) is 0.104. The van der Waals surface area contributed by atoms with E-state index in [0.717, 1.165) is 17.0 Å². The molecule has 0 aliphatic heterocycles. The van der Waals surface area contributed by atoms with Gasteiger partial charge in [0.15, 0.2) is 5.78 Å². The first-order chi connectivity index (χ1) is 12.8. The molecule has 1 nitrogen and oxygen atoms in total. The van der Waals surface area contributed by atoms with Gasteiger partial charge in [0.05, 0.1) is 5.57 Å². The van der Waals surface area contributed by atoms with Crippen LogP contribution in [-0.4, -0.2) is 16.7 Å². The molecule has 0 bridgehead atoms. The average Bonchev–Trinajstić information content (AvgIpc) is 2.51. The van der Waals surface area contributed by atoms with E-state index in [0.29, 0.717) is 10.5 Å². The van der Waals surface area contributed by atoms with Crippen LogP contribution in [0.25, 0.3) is 5.57 Å².